The van der Waals surface area contributed by atoms with Crippen LogP contribution in [0.3, 0.4) is 0 Å². The molecule has 2 amide bonds. The summed E-state index contributed by atoms with van der Waals surface area (Å²) >= 11 is 0. The van der Waals surface area contributed by atoms with Crippen molar-refractivity contribution in [3.63, 3.8) is 0 Å². The van der Waals surface area contributed by atoms with E-state index in [1.165, 1.54) is 35.8 Å². The lowest BCUT2D eigenvalue weighted by Crippen LogP contribution is -2.53. The molecule has 0 saturated carbocycles. The molecule has 8 nitrogen and oxygen atoms in total. The number of rotatable bonds is 12. The van der Waals surface area contributed by atoms with Gasteiger partial charge in [0.05, 0.1) is 17.5 Å². The lowest BCUT2D eigenvalue weighted by molar-refractivity contribution is -0.140. The van der Waals surface area contributed by atoms with Gasteiger partial charge in [-0.25, -0.2) is 13.9 Å². The van der Waals surface area contributed by atoms with E-state index in [-0.39, 0.29) is 28.9 Å². The number of hydrogen-bond acceptors (Lipinski definition) is 5. The van der Waals surface area contributed by atoms with E-state index in [0.717, 1.165) is 5.56 Å². The van der Waals surface area contributed by atoms with Gasteiger partial charge in [0.2, 0.25) is 11.8 Å². The predicted octanol–water partition coefficient (Wildman–Crippen LogP) is 4.30. The second kappa shape index (κ2) is 13.2. The molecule has 3 N–H and O–H groups in total. The SMILES string of the molecule is CC(C)C[C@@H](C(=O)NN(c1ccccc1)S(=O)(=O)CC(F)(F)F)[C@H](C/C=C/c1ccccc1)C(=O)NO. The van der Waals surface area contributed by atoms with Crippen LogP contribution in [0.1, 0.15) is 32.3 Å². The molecule has 2 aromatic rings. The Balaban J connectivity index is 2.41. The smallest absolute Gasteiger partial charge is 0.289 e. The first-order valence-corrected chi connectivity index (χ1v) is 13.1. The van der Waals surface area contributed by atoms with Crippen molar-refractivity contribution in [2.24, 2.45) is 17.8 Å². The third kappa shape index (κ3) is 9.54. The molecule has 0 aliphatic carbocycles. The predicted molar refractivity (Wildman–Crippen MR) is 133 cm³/mol. The fourth-order valence-electron chi connectivity index (χ4n) is 3.73. The zero-order chi connectivity index (χ0) is 27.6. The van der Waals surface area contributed by atoms with Gasteiger partial charge < -0.3 is 0 Å². The van der Waals surface area contributed by atoms with Crippen molar-refractivity contribution in [3.8, 4) is 0 Å². The Hall–Kier alpha value is -3.38. The molecular weight excluding hydrogens is 511 g/mol. The van der Waals surface area contributed by atoms with Crippen LogP contribution in [-0.4, -0.2) is 37.4 Å². The van der Waals surface area contributed by atoms with Crippen LogP contribution in [0.25, 0.3) is 6.08 Å². The standard InChI is InChI=1S/C25H30F3N3O5S/c1-18(2)16-22(21(24(33)30-34)15-9-12-19-10-5-3-6-11-19)23(32)29-31(20-13-7-4-8-14-20)37(35,36)17-25(26,27)28/h3-14,18,21-22,34H,15-17H2,1-2H3,(H,29,32)(H,30,33)/b12-9+/t21-,22+/m0/s1. The first-order valence-electron chi connectivity index (χ1n) is 11.4. The van der Waals surface area contributed by atoms with E-state index < -0.39 is 45.6 Å². The number of hydrazine groups is 1. The molecule has 202 valence electrons. The summed E-state index contributed by atoms with van der Waals surface area (Å²) in [5.41, 5.74) is 4.24. The highest BCUT2D eigenvalue weighted by molar-refractivity contribution is 7.92. The van der Waals surface area contributed by atoms with Crippen LogP contribution in [0.15, 0.2) is 66.7 Å². The van der Waals surface area contributed by atoms with Crippen LogP contribution in [-0.2, 0) is 19.6 Å². The van der Waals surface area contributed by atoms with Crippen LogP contribution < -0.4 is 15.3 Å². The van der Waals surface area contributed by atoms with Crippen LogP contribution in [0.2, 0.25) is 0 Å². The van der Waals surface area contributed by atoms with Gasteiger partial charge in [-0.3, -0.25) is 20.2 Å². The summed E-state index contributed by atoms with van der Waals surface area (Å²) in [6.45, 7) is 3.53. The maximum Gasteiger partial charge on any atom is 0.404 e. The molecule has 2 aromatic carbocycles. The molecule has 0 bridgehead atoms. The zero-order valence-corrected chi connectivity index (χ0v) is 21.2. The highest BCUT2D eigenvalue weighted by Gasteiger charge is 2.41. The third-order valence-electron chi connectivity index (χ3n) is 5.32. The fraction of sp³-hybridized carbons (Fsp3) is 0.360. The minimum atomic E-state index is -5.08. The minimum absolute atomic E-state index is 0.00721. The third-order valence-corrected chi connectivity index (χ3v) is 6.87. The average Bonchev–Trinajstić information content (AvgIpc) is 2.83. The lowest BCUT2D eigenvalue weighted by atomic mass is 9.82. The van der Waals surface area contributed by atoms with Gasteiger partial charge in [0.15, 0.2) is 5.75 Å². The number of nitrogens with one attached hydrogen (secondary N) is 2. The quantitative estimate of drug-likeness (QED) is 0.274. The molecule has 2 rings (SSSR count). The number of para-hydroxylation sites is 1. The van der Waals surface area contributed by atoms with Crippen molar-refractivity contribution in [1.29, 1.82) is 0 Å². The first-order chi connectivity index (χ1) is 17.3. The van der Waals surface area contributed by atoms with Gasteiger partial charge in [-0.05, 0) is 36.5 Å². The molecule has 2 atom stereocenters. The maximum absolute atomic E-state index is 13.4. The summed E-state index contributed by atoms with van der Waals surface area (Å²) in [5, 5.41) is 9.32. The van der Waals surface area contributed by atoms with Crippen molar-refractivity contribution in [3.05, 3.63) is 72.3 Å². The van der Waals surface area contributed by atoms with Gasteiger partial charge in [0.1, 0.15) is 0 Å². The van der Waals surface area contributed by atoms with Crippen LogP contribution in [0.4, 0.5) is 18.9 Å². The van der Waals surface area contributed by atoms with Gasteiger partial charge in [-0.15, -0.1) is 0 Å². The Morgan fingerprint density at radius 3 is 2.05 bits per heavy atom. The van der Waals surface area contributed by atoms with Crippen molar-refractivity contribution in [2.75, 3.05) is 10.2 Å². The number of hydroxylamine groups is 1. The summed E-state index contributed by atoms with van der Waals surface area (Å²) in [6.07, 6.45) is -1.63. The molecule has 0 aliphatic heterocycles. The van der Waals surface area contributed by atoms with E-state index in [9.17, 15) is 36.4 Å². The Morgan fingerprint density at radius 1 is 0.973 bits per heavy atom. The molecular formula is C25H30F3N3O5S. The molecule has 0 saturated heterocycles. The average molecular weight is 542 g/mol. The number of benzene rings is 2. The summed E-state index contributed by atoms with van der Waals surface area (Å²) in [4.78, 5) is 26.0. The summed E-state index contributed by atoms with van der Waals surface area (Å²) in [5.74, 6) is -6.55. The molecule has 12 heteroatoms. The Labute approximate surface area is 214 Å². The Morgan fingerprint density at radius 2 is 1.54 bits per heavy atom. The van der Waals surface area contributed by atoms with E-state index in [1.54, 1.807) is 26.0 Å². The summed E-state index contributed by atoms with van der Waals surface area (Å²) in [7, 11) is -5.08. The number of carbonyl (C=O) groups is 2. The van der Waals surface area contributed by atoms with Crippen molar-refractivity contribution < 1.29 is 36.4 Å². The Kier molecular flexibility index (Phi) is 10.7. The maximum atomic E-state index is 13.4. The number of alkyl halides is 3. The largest absolute Gasteiger partial charge is 0.404 e. The molecule has 0 heterocycles. The molecule has 0 unspecified atom stereocenters. The van der Waals surface area contributed by atoms with E-state index in [1.807, 2.05) is 30.3 Å². The molecule has 0 aromatic heterocycles. The van der Waals surface area contributed by atoms with E-state index in [2.05, 4.69) is 5.43 Å². The first kappa shape index (κ1) is 29.8. The molecule has 0 fully saturated rings. The minimum Gasteiger partial charge on any atom is -0.289 e. The number of allylic oxidation sites excluding steroid dienone is 1. The van der Waals surface area contributed by atoms with E-state index in [4.69, 9.17) is 0 Å². The van der Waals surface area contributed by atoms with Gasteiger partial charge in [0.25, 0.3) is 10.0 Å². The van der Waals surface area contributed by atoms with Gasteiger partial charge in [-0.1, -0.05) is 74.5 Å². The van der Waals surface area contributed by atoms with E-state index in [0.29, 0.717) is 0 Å². The summed E-state index contributed by atoms with van der Waals surface area (Å²) < 4.78 is 64.7. The molecule has 0 spiro atoms. The van der Waals surface area contributed by atoms with Crippen molar-refractivity contribution in [1.82, 2.24) is 10.9 Å². The van der Waals surface area contributed by atoms with Crippen molar-refractivity contribution >= 4 is 33.6 Å². The second-order valence-corrected chi connectivity index (χ2v) is 10.6. The number of hydrogen-bond donors (Lipinski definition) is 3. The monoisotopic (exact) mass is 541 g/mol. The van der Waals surface area contributed by atoms with Crippen LogP contribution in [0, 0.1) is 17.8 Å². The number of amides is 2. The number of anilines is 1. The zero-order valence-electron chi connectivity index (χ0n) is 20.4. The van der Waals surface area contributed by atoms with Gasteiger partial charge >= 0.3 is 6.18 Å². The van der Waals surface area contributed by atoms with Gasteiger partial charge in [-0.2, -0.15) is 17.6 Å². The topological polar surface area (TPSA) is 116 Å². The number of halogens is 3. The summed E-state index contributed by atoms with van der Waals surface area (Å²) in [6, 6.07) is 15.9. The number of carbonyl (C=O) groups excluding carboxylic acids is 2. The highest BCUT2D eigenvalue weighted by Crippen LogP contribution is 2.28. The number of sulfonamides is 1. The number of nitrogens with zero attached hydrogens (tertiary/aromatic N) is 1. The Bertz CT molecular complexity index is 1160. The van der Waals surface area contributed by atoms with Gasteiger partial charge in [0, 0.05) is 0 Å². The van der Waals surface area contributed by atoms with Crippen LogP contribution in [0.5, 0.6) is 0 Å². The molecule has 37 heavy (non-hydrogen) atoms. The highest BCUT2D eigenvalue weighted by atomic mass is 32.2. The van der Waals surface area contributed by atoms with E-state index >= 15 is 0 Å². The molecule has 0 radical (unpaired) electrons. The van der Waals surface area contributed by atoms with Crippen molar-refractivity contribution in [2.45, 2.75) is 32.9 Å². The normalized spacial score (nSPS) is 13.8. The van der Waals surface area contributed by atoms with Crippen LogP contribution >= 0.6 is 0 Å². The molecule has 0 aliphatic rings. The lowest BCUT2D eigenvalue weighted by Gasteiger charge is -2.30. The fourth-order valence-corrected chi connectivity index (χ4v) is 4.94. The second-order valence-electron chi connectivity index (χ2n) is 8.81.